The third-order valence-electron chi connectivity index (χ3n) is 10.0. The van der Waals surface area contributed by atoms with E-state index in [0.717, 1.165) is 63.2 Å². The molecule has 3 aromatic carbocycles. The molecule has 1 fully saturated rings. The van der Waals surface area contributed by atoms with E-state index < -0.39 is 5.60 Å². The van der Waals surface area contributed by atoms with Crippen molar-refractivity contribution in [3.05, 3.63) is 105 Å². The molecular formula is C44H51ClN4O5. The maximum absolute atomic E-state index is 12.7. The third-order valence-corrected chi connectivity index (χ3v) is 10.4. The summed E-state index contributed by atoms with van der Waals surface area (Å²) in [6.07, 6.45) is 7.44. The first-order valence-electron chi connectivity index (χ1n) is 18.9. The van der Waals surface area contributed by atoms with E-state index in [1.807, 2.05) is 31.7 Å². The SMILES string of the molecule is Cc1c(COc2cc(OCc3cncc(C#N)c3)c3c(c2Cl)CCN(CC(=O)OC(C)(C)C)C3)cccc1-c1cccc(OCCCN2CCCC2)c1C. The Bertz CT molecular complexity index is 2000. The number of nitrogens with zero attached hydrogens (tertiary/aromatic N) is 4. The number of carbonyl (C=O) groups excluding carboxylic acids is 1. The molecule has 1 saturated heterocycles. The third kappa shape index (κ3) is 9.92. The van der Waals surface area contributed by atoms with Crippen molar-refractivity contribution in [2.45, 2.75) is 85.7 Å². The summed E-state index contributed by atoms with van der Waals surface area (Å²) in [5.74, 6) is 1.78. The smallest absolute Gasteiger partial charge is 0.320 e. The van der Waals surface area contributed by atoms with Crippen LogP contribution in [0.15, 0.2) is 60.9 Å². The number of carbonyl (C=O) groups is 1. The molecule has 0 bridgehead atoms. The second-order valence-corrected chi connectivity index (χ2v) is 15.6. The Hall–Kier alpha value is -4.62. The normalized spacial score (nSPS) is 14.7. The van der Waals surface area contributed by atoms with Gasteiger partial charge in [0.05, 0.1) is 23.7 Å². The second kappa shape index (κ2) is 17.7. The molecule has 1 aromatic heterocycles. The molecular weight excluding hydrogens is 700 g/mol. The highest BCUT2D eigenvalue weighted by Gasteiger charge is 2.28. The van der Waals surface area contributed by atoms with Crippen molar-refractivity contribution in [1.29, 1.82) is 5.26 Å². The summed E-state index contributed by atoms with van der Waals surface area (Å²) in [5.41, 5.74) is 8.06. The molecule has 0 N–H and O–H groups in total. The Morgan fingerprint density at radius 3 is 2.37 bits per heavy atom. The van der Waals surface area contributed by atoms with E-state index in [4.69, 9.17) is 30.5 Å². The predicted molar refractivity (Wildman–Crippen MR) is 211 cm³/mol. The van der Waals surface area contributed by atoms with Crippen molar-refractivity contribution in [3.8, 4) is 34.4 Å². The molecule has 9 nitrogen and oxygen atoms in total. The molecule has 54 heavy (non-hydrogen) atoms. The first-order chi connectivity index (χ1) is 26.0. The van der Waals surface area contributed by atoms with Gasteiger partial charge in [0.2, 0.25) is 0 Å². The molecule has 0 saturated carbocycles. The van der Waals surface area contributed by atoms with Gasteiger partial charge in [0.25, 0.3) is 0 Å². The Morgan fingerprint density at radius 2 is 1.61 bits per heavy atom. The summed E-state index contributed by atoms with van der Waals surface area (Å²) in [5, 5.41) is 9.93. The molecule has 0 radical (unpaired) electrons. The zero-order valence-corrected chi connectivity index (χ0v) is 32.9. The number of hydrogen-bond acceptors (Lipinski definition) is 9. The molecule has 0 aliphatic carbocycles. The Labute approximate surface area is 324 Å². The van der Waals surface area contributed by atoms with E-state index in [0.29, 0.717) is 54.8 Å². The first-order valence-corrected chi connectivity index (χ1v) is 19.3. The lowest BCUT2D eigenvalue weighted by molar-refractivity contribution is -0.156. The molecule has 0 spiro atoms. The van der Waals surface area contributed by atoms with Crippen LogP contribution in [0, 0.1) is 25.2 Å². The van der Waals surface area contributed by atoms with E-state index in [1.54, 1.807) is 12.3 Å². The highest BCUT2D eigenvalue weighted by atomic mass is 35.5. The fourth-order valence-corrected chi connectivity index (χ4v) is 7.56. The van der Waals surface area contributed by atoms with E-state index >= 15 is 0 Å². The fourth-order valence-electron chi connectivity index (χ4n) is 7.25. The molecule has 2 aliphatic rings. The largest absolute Gasteiger partial charge is 0.493 e. The van der Waals surface area contributed by atoms with Gasteiger partial charge in [0.1, 0.15) is 42.1 Å². The number of hydrogen-bond donors (Lipinski definition) is 0. The number of pyridine rings is 1. The molecule has 4 aromatic rings. The van der Waals surface area contributed by atoms with Crippen molar-refractivity contribution >= 4 is 17.6 Å². The molecule has 0 atom stereocenters. The van der Waals surface area contributed by atoms with Crippen LogP contribution in [0.4, 0.5) is 0 Å². The standard InChI is InChI=1S/C44H51ClN4O5/c1-30-34(11-8-12-35(30)36-13-9-14-39(31(36)2)51-20-10-18-48-16-6-7-17-48)29-53-41-22-40(52-28-33-21-32(23-46)24-47-25-33)38-26-49(19-15-37(38)43(41)45)27-42(50)54-44(3,4)5/h8-9,11-14,21-22,24-25H,6-7,10,15-20,26-29H2,1-5H3. The van der Waals surface area contributed by atoms with Gasteiger partial charge in [-0.1, -0.05) is 41.9 Å². The van der Waals surface area contributed by atoms with Gasteiger partial charge in [-0.25, -0.2) is 0 Å². The predicted octanol–water partition coefficient (Wildman–Crippen LogP) is 8.61. The number of aromatic nitrogens is 1. The van der Waals surface area contributed by atoms with Gasteiger partial charge in [0.15, 0.2) is 0 Å². The van der Waals surface area contributed by atoms with Gasteiger partial charge in [-0.15, -0.1) is 0 Å². The van der Waals surface area contributed by atoms with E-state index in [1.165, 1.54) is 32.1 Å². The van der Waals surface area contributed by atoms with E-state index in [9.17, 15) is 10.1 Å². The zero-order chi connectivity index (χ0) is 38.2. The van der Waals surface area contributed by atoms with Gasteiger partial charge < -0.3 is 23.8 Å². The van der Waals surface area contributed by atoms with Crippen LogP contribution in [0.1, 0.15) is 79.0 Å². The first kappa shape index (κ1) is 39.1. The molecule has 284 valence electrons. The Morgan fingerprint density at radius 1 is 0.870 bits per heavy atom. The van der Waals surface area contributed by atoms with Gasteiger partial charge in [-0.05, 0) is 119 Å². The summed E-state index contributed by atoms with van der Waals surface area (Å²) in [4.78, 5) is 21.5. The number of halogens is 1. The lowest BCUT2D eigenvalue weighted by atomic mass is 9.93. The monoisotopic (exact) mass is 750 g/mol. The van der Waals surface area contributed by atoms with Gasteiger partial charge in [0, 0.05) is 49.2 Å². The number of esters is 1. The lowest BCUT2D eigenvalue weighted by Crippen LogP contribution is -2.38. The minimum Gasteiger partial charge on any atom is -0.493 e. The summed E-state index contributed by atoms with van der Waals surface area (Å²) in [6.45, 7) is 15.8. The van der Waals surface area contributed by atoms with Crippen molar-refractivity contribution in [3.63, 3.8) is 0 Å². The minimum absolute atomic E-state index is 0.156. The van der Waals surface area contributed by atoms with Crippen LogP contribution in [-0.2, 0) is 35.7 Å². The fraction of sp³-hybridized carbons (Fsp3) is 0.432. The summed E-state index contributed by atoms with van der Waals surface area (Å²) in [6, 6.07) is 18.3. The maximum Gasteiger partial charge on any atom is 0.320 e. The molecule has 2 aliphatic heterocycles. The molecule has 0 amide bonds. The molecule has 3 heterocycles. The average molecular weight is 751 g/mol. The van der Waals surface area contributed by atoms with Crippen molar-refractivity contribution in [2.24, 2.45) is 0 Å². The van der Waals surface area contributed by atoms with Crippen LogP contribution >= 0.6 is 11.6 Å². The number of rotatable bonds is 14. The average Bonchev–Trinajstić information content (AvgIpc) is 3.67. The van der Waals surface area contributed by atoms with Crippen LogP contribution in [-0.4, -0.2) is 65.7 Å². The van der Waals surface area contributed by atoms with Gasteiger partial charge in [-0.2, -0.15) is 5.26 Å². The number of likely N-dealkylation sites (tertiary alicyclic amines) is 1. The number of nitriles is 1. The van der Waals surface area contributed by atoms with Crippen LogP contribution in [0.25, 0.3) is 11.1 Å². The highest BCUT2D eigenvalue weighted by Crippen LogP contribution is 2.41. The number of fused-ring (bicyclic) bond motifs is 1. The van der Waals surface area contributed by atoms with Crippen LogP contribution in [0.5, 0.6) is 17.2 Å². The molecule has 0 unspecified atom stereocenters. The zero-order valence-electron chi connectivity index (χ0n) is 32.2. The van der Waals surface area contributed by atoms with Crippen LogP contribution in [0.3, 0.4) is 0 Å². The van der Waals surface area contributed by atoms with E-state index in [-0.39, 0.29) is 19.1 Å². The topological polar surface area (TPSA) is 97.2 Å². The highest BCUT2D eigenvalue weighted by molar-refractivity contribution is 6.33. The molecule has 10 heteroatoms. The second-order valence-electron chi connectivity index (χ2n) is 15.2. The van der Waals surface area contributed by atoms with E-state index in [2.05, 4.69) is 66.2 Å². The summed E-state index contributed by atoms with van der Waals surface area (Å²) < 4.78 is 24.8. The van der Waals surface area contributed by atoms with Crippen molar-refractivity contribution < 1.29 is 23.7 Å². The summed E-state index contributed by atoms with van der Waals surface area (Å²) >= 11 is 7.10. The Balaban J connectivity index is 1.20. The number of benzene rings is 3. The van der Waals surface area contributed by atoms with Gasteiger partial charge in [-0.3, -0.25) is 14.7 Å². The maximum atomic E-state index is 12.7. The van der Waals surface area contributed by atoms with Crippen molar-refractivity contribution in [1.82, 2.24) is 14.8 Å². The van der Waals surface area contributed by atoms with Gasteiger partial charge >= 0.3 is 5.97 Å². The van der Waals surface area contributed by atoms with Crippen molar-refractivity contribution in [2.75, 3.05) is 39.3 Å². The molecule has 6 rings (SSSR count). The quantitative estimate of drug-likeness (QED) is 0.0927. The Kier molecular flexibility index (Phi) is 12.8. The summed E-state index contributed by atoms with van der Waals surface area (Å²) in [7, 11) is 0. The minimum atomic E-state index is -0.567. The lowest BCUT2D eigenvalue weighted by Gasteiger charge is -2.31. The van der Waals surface area contributed by atoms with Crippen LogP contribution in [0.2, 0.25) is 5.02 Å². The van der Waals surface area contributed by atoms with Crippen LogP contribution < -0.4 is 14.2 Å². The number of ether oxygens (including phenoxy) is 4.